The van der Waals surface area contributed by atoms with Crippen LogP contribution >= 0.6 is 15.9 Å². The average Bonchev–Trinajstić information content (AvgIpc) is 2.07. The molecule has 0 bridgehead atoms. The summed E-state index contributed by atoms with van der Waals surface area (Å²) in [7, 11) is 0. The monoisotopic (exact) mass is 244 g/mol. The first kappa shape index (κ1) is 9.98. The molecule has 13 heavy (non-hydrogen) atoms. The maximum absolute atomic E-state index is 10.5. The third-order valence-electron chi connectivity index (χ3n) is 1.91. The number of nitrogen functional groups attached to an aromatic ring is 1. The summed E-state index contributed by atoms with van der Waals surface area (Å²) in [5.41, 5.74) is 7.31. The smallest absolute Gasteiger partial charge is 0.292 e. The van der Waals surface area contributed by atoms with Gasteiger partial charge in [0.1, 0.15) is 5.69 Å². The first-order valence-corrected chi connectivity index (χ1v) is 4.44. The van der Waals surface area contributed by atoms with Crippen molar-refractivity contribution >= 4 is 27.3 Å². The highest BCUT2D eigenvalue weighted by Crippen LogP contribution is 2.33. The van der Waals surface area contributed by atoms with Crippen molar-refractivity contribution < 1.29 is 4.92 Å². The Labute approximate surface area is 84.0 Å². The van der Waals surface area contributed by atoms with Crippen LogP contribution < -0.4 is 5.73 Å². The Morgan fingerprint density at radius 1 is 1.54 bits per heavy atom. The molecule has 0 heterocycles. The quantitative estimate of drug-likeness (QED) is 0.469. The Kier molecular flexibility index (Phi) is 2.56. The number of nitrogens with zero attached hydrogens (tertiary/aromatic N) is 1. The number of nitro benzene ring substituents is 1. The lowest BCUT2D eigenvalue weighted by atomic mass is 10.1. The molecule has 0 radical (unpaired) electrons. The maximum atomic E-state index is 10.5. The standard InChI is InChI=1S/C8H9BrN2O2/c1-4-3-6(11(12)13)8(10)5(2)7(4)9/h3H,10H2,1-2H3. The molecule has 0 saturated carbocycles. The lowest BCUT2D eigenvalue weighted by Crippen LogP contribution is -1.99. The Bertz CT molecular complexity index is 377. The van der Waals surface area contributed by atoms with E-state index in [0.29, 0.717) is 5.56 Å². The summed E-state index contributed by atoms with van der Waals surface area (Å²) in [6.45, 7) is 3.54. The van der Waals surface area contributed by atoms with E-state index in [1.165, 1.54) is 6.07 Å². The van der Waals surface area contributed by atoms with Crippen LogP contribution in [0.4, 0.5) is 11.4 Å². The molecule has 70 valence electrons. The number of nitro groups is 1. The summed E-state index contributed by atoms with van der Waals surface area (Å²) in [4.78, 5) is 10.1. The van der Waals surface area contributed by atoms with Gasteiger partial charge in [0.15, 0.2) is 0 Å². The van der Waals surface area contributed by atoms with Crippen LogP contribution in [0.1, 0.15) is 11.1 Å². The van der Waals surface area contributed by atoms with Crippen LogP contribution in [0.5, 0.6) is 0 Å². The third kappa shape index (κ3) is 1.65. The van der Waals surface area contributed by atoms with Gasteiger partial charge in [0.2, 0.25) is 0 Å². The first-order valence-electron chi connectivity index (χ1n) is 3.64. The topological polar surface area (TPSA) is 69.2 Å². The van der Waals surface area contributed by atoms with Gasteiger partial charge in [-0.3, -0.25) is 10.1 Å². The van der Waals surface area contributed by atoms with Gasteiger partial charge in [-0.25, -0.2) is 0 Å². The highest BCUT2D eigenvalue weighted by molar-refractivity contribution is 9.10. The molecule has 2 N–H and O–H groups in total. The van der Waals surface area contributed by atoms with Gasteiger partial charge in [-0.15, -0.1) is 0 Å². The van der Waals surface area contributed by atoms with E-state index >= 15 is 0 Å². The zero-order chi connectivity index (χ0) is 10.2. The summed E-state index contributed by atoms with van der Waals surface area (Å²) in [5, 5.41) is 10.5. The fourth-order valence-electron chi connectivity index (χ4n) is 1.10. The van der Waals surface area contributed by atoms with Gasteiger partial charge >= 0.3 is 0 Å². The summed E-state index contributed by atoms with van der Waals surface area (Å²) in [5.74, 6) is 0. The molecule has 0 aromatic heterocycles. The van der Waals surface area contributed by atoms with Crippen molar-refractivity contribution in [2.75, 3.05) is 5.73 Å². The van der Waals surface area contributed by atoms with Crippen molar-refractivity contribution in [3.8, 4) is 0 Å². The molecular formula is C8H9BrN2O2. The van der Waals surface area contributed by atoms with E-state index < -0.39 is 4.92 Å². The number of aryl methyl sites for hydroxylation is 1. The molecule has 0 aliphatic heterocycles. The molecule has 0 fully saturated rings. The molecule has 0 aliphatic carbocycles. The van der Waals surface area contributed by atoms with Crippen LogP contribution in [-0.4, -0.2) is 4.92 Å². The largest absolute Gasteiger partial charge is 0.393 e. The average molecular weight is 245 g/mol. The molecule has 0 aliphatic rings. The molecule has 1 rings (SSSR count). The Balaban J connectivity index is 3.50. The minimum absolute atomic E-state index is 0.0294. The highest BCUT2D eigenvalue weighted by Gasteiger charge is 2.16. The lowest BCUT2D eigenvalue weighted by molar-refractivity contribution is -0.384. The second-order valence-corrected chi connectivity index (χ2v) is 3.62. The molecular weight excluding hydrogens is 236 g/mol. The molecule has 1 aromatic rings. The van der Waals surface area contributed by atoms with Gasteiger partial charge in [-0.05, 0) is 25.0 Å². The molecule has 0 unspecified atom stereocenters. The molecule has 4 nitrogen and oxygen atoms in total. The number of anilines is 1. The molecule has 0 amide bonds. The number of nitrogens with two attached hydrogens (primary N) is 1. The highest BCUT2D eigenvalue weighted by atomic mass is 79.9. The predicted octanol–water partition coefficient (Wildman–Crippen LogP) is 2.56. The number of halogens is 1. The SMILES string of the molecule is Cc1cc([N+](=O)[O-])c(N)c(C)c1Br. The van der Waals surface area contributed by atoms with E-state index in [1.807, 2.05) is 0 Å². The third-order valence-corrected chi connectivity index (χ3v) is 3.13. The Morgan fingerprint density at radius 3 is 2.54 bits per heavy atom. The number of benzene rings is 1. The fraction of sp³-hybridized carbons (Fsp3) is 0.250. The zero-order valence-corrected chi connectivity index (χ0v) is 8.88. The summed E-state index contributed by atoms with van der Waals surface area (Å²) >= 11 is 3.31. The molecule has 5 heteroatoms. The van der Waals surface area contributed by atoms with Gasteiger partial charge in [0.25, 0.3) is 5.69 Å². The van der Waals surface area contributed by atoms with Gasteiger partial charge in [-0.2, -0.15) is 0 Å². The van der Waals surface area contributed by atoms with Crippen molar-refractivity contribution in [2.45, 2.75) is 13.8 Å². The Morgan fingerprint density at radius 2 is 2.08 bits per heavy atom. The molecule has 0 spiro atoms. The molecule has 1 aromatic carbocycles. The van der Waals surface area contributed by atoms with Crippen LogP contribution in [0, 0.1) is 24.0 Å². The molecule has 0 saturated heterocycles. The second-order valence-electron chi connectivity index (χ2n) is 2.82. The van der Waals surface area contributed by atoms with Gasteiger partial charge in [0, 0.05) is 10.5 Å². The van der Waals surface area contributed by atoms with Crippen molar-refractivity contribution in [3.63, 3.8) is 0 Å². The Hall–Kier alpha value is -1.10. The minimum Gasteiger partial charge on any atom is -0.393 e. The van der Waals surface area contributed by atoms with Gasteiger partial charge < -0.3 is 5.73 Å². The fourth-order valence-corrected chi connectivity index (χ4v) is 1.43. The predicted molar refractivity (Wildman–Crippen MR) is 54.7 cm³/mol. The van der Waals surface area contributed by atoms with E-state index in [0.717, 1.165) is 10.0 Å². The van der Waals surface area contributed by atoms with E-state index in [1.54, 1.807) is 13.8 Å². The van der Waals surface area contributed by atoms with Gasteiger partial charge in [0.05, 0.1) is 4.92 Å². The van der Waals surface area contributed by atoms with Crippen LogP contribution in [-0.2, 0) is 0 Å². The van der Waals surface area contributed by atoms with E-state index in [-0.39, 0.29) is 11.4 Å². The summed E-state index contributed by atoms with van der Waals surface area (Å²) in [6, 6.07) is 1.46. The van der Waals surface area contributed by atoms with Crippen molar-refractivity contribution in [1.82, 2.24) is 0 Å². The second kappa shape index (κ2) is 3.33. The lowest BCUT2D eigenvalue weighted by Gasteiger charge is -2.06. The van der Waals surface area contributed by atoms with Crippen LogP contribution in [0.2, 0.25) is 0 Å². The summed E-state index contributed by atoms with van der Waals surface area (Å²) < 4.78 is 0.829. The summed E-state index contributed by atoms with van der Waals surface area (Å²) in [6.07, 6.45) is 0. The zero-order valence-electron chi connectivity index (χ0n) is 7.30. The number of rotatable bonds is 1. The molecule has 0 atom stereocenters. The van der Waals surface area contributed by atoms with Crippen LogP contribution in [0.25, 0.3) is 0 Å². The van der Waals surface area contributed by atoms with Crippen molar-refractivity contribution in [2.24, 2.45) is 0 Å². The van der Waals surface area contributed by atoms with E-state index in [9.17, 15) is 10.1 Å². The van der Waals surface area contributed by atoms with Crippen LogP contribution in [0.15, 0.2) is 10.5 Å². The van der Waals surface area contributed by atoms with E-state index in [2.05, 4.69) is 15.9 Å². The number of hydrogen-bond donors (Lipinski definition) is 1. The first-order chi connectivity index (χ1) is 5.95. The van der Waals surface area contributed by atoms with Crippen molar-refractivity contribution in [1.29, 1.82) is 0 Å². The number of hydrogen-bond acceptors (Lipinski definition) is 3. The normalized spacial score (nSPS) is 10.1. The van der Waals surface area contributed by atoms with Gasteiger partial charge in [-0.1, -0.05) is 15.9 Å². The minimum atomic E-state index is -0.470. The maximum Gasteiger partial charge on any atom is 0.292 e. The van der Waals surface area contributed by atoms with E-state index in [4.69, 9.17) is 5.73 Å². The van der Waals surface area contributed by atoms with Crippen LogP contribution in [0.3, 0.4) is 0 Å². The van der Waals surface area contributed by atoms with Crippen molar-refractivity contribution in [3.05, 3.63) is 31.8 Å².